The van der Waals surface area contributed by atoms with E-state index in [1.165, 1.54) is 54.3 Å². The van der Waals surface area contributed by atoms with Gasteiger partial charge < -0.3 is 5.53 Å². The predicted octanol–water partition coefficient (Wildman–Crippen LogP) is 7.97. The third-order valence-electron chi connectivity index (χ3n) is 5.78. The van der Waals surface area contributed by atoms with Crippen LogP contribution in [0.1, 0.15) is 81.5 Å². The summed E-state index contributed by atoms with van der Waals surface area (Å²) < 4.78 is 1.35. The Hall–Kier alpha value is -1.99. The fourth-order valence-corrected chi connectivity index (χ4v) is 4.01. The van der Waals surface area contributed by atoms with Crippen LogP contribution in [0.15, 0.2) is 60.2 Å². The number of rotatable bonds is 10. The Morgan fingerprint density at radius 3 is 1.63 bits per heavy atom. The average Bonchev–Trinajstić information content (AvgIpc) is 3.04. The van der Waals surface area contributed by atoms with Crippen molar-refractivity contribution in [1.29, 1.82) is 0 Å². The summed E-state index contributed by atoms with van der Waals surface area (Å²) in [5.41, 5.74) is 18.6. The molecule has 0 spiro atoms. The Morgan fingerprint density at radius 1 is 0.700 bits per heavy atom. The van der Waals surface area contributed by atoms with Crippen LogP contribution in [-0.4, -0.2) is 4.70 Å². The van der Waals surface area contributed by atoms with Crippen LogP contribution in [0.25, 0.3) is 16.9 Å². The van der Waals surface area contributed by atoms with Gasteiger partial charge in [-0.2, -0.15) is 0 Å². The van der Waals surface area contributed by atoms with Gasteiger partial charge in [-0.1, -0.05) is 63.8 Å². The van der Waals surface area contributed by atoms with Gasteiger partial charge in [0.25, 0.3) is 0 Å². The zero-order chi connectivity index (χ0) is 20.6. The molecule has 2 aromatic rings. The van der Waals surface area contributed by atoms with E-state index >= 15 is 0 Å². The normalized spacial score (nSPS) is 13.4. The molecule has 0 bridgehead atoms. The summed E-state index contributed by atoms with van der Waals surface area (Å²) in [4.78, 5) is 0. The van der Waals surface area contributed by atoms with Gasteiger partial charge in [-0.25, -0.2) is 4.70 Å². The van der Waals surface area contributed by atoms with E-state index in [2.05, 4.69) is 75.4 Å². The minimum atomic E-state index is 0. The molecule has 1 aliphatic rings. The van der Waals surface area contributed by atoms with Crippen molar-refractivity contribution in [1.82, 2.24) is 0 Å². The van der Waals surface area contributed by atoms with Gasteiger partial charge in [-0.15, -0.1) is 0 Å². The van der Waals surface area contributed by atoms with Crippen molar-refractivity contribution in [3.8, 4) is 0 Å². The topological polar surface area (TPSA) is 25.3 Å². The Labute approximate surface area is 192 Å². The van der Waals surface area contributed by atoms with E-state index < -0.39 is 0 Å². The minimum absolute atomic E-state index is 0. The number of nitrogens with zero attached hydrogens (tertiary/aromatic N) is 2. The first kappa shape index (κ1) is 24.3. The summed E-state index contributed by atoms with van der Waals surface area (Å²) in [7, 11) is 0. The number of aryl methyl sites for hydroxylation is 2. The molecule has 2 aromatic carbocycles. The van der Waals surface area contributed by atoms with Crippen LogP contribution in [0.4, 0.5) is 0 Å². The van der Waals surface area contributed by atoms with E-state index in [1.54, 1.807) is 0 Å². The summed E-state index contributed by atoms with van der Waals surface area (Å²) in [6.07, 6.45) is 11.9. The molecule has 0 aromatic heterocycles. The molecule has 1 aliphatic heterocycles. The summed E-state index contributed by atoms with van der Waals surface area (Å²) >= 11 is 0. The molecule has 0 aliphatic carbocycles. The molecule has 3 heteroatoms. The summed E-state index contributed by atoms with van der Waals surface area (Å²) in [5, 5.41) is 0. The molecule has 2 nitrogen and oxygen atoms in total. The molecule has 1 heterocycles. The van der Waals surface area contributed by atoms with E-state index in [9.17, 15) is 5.53 Å². The summed E-state index contributed by atoms with van der Waals surface area (Å²) in [6, 6.07) is 17.3. The van der Waals surface area contributed by atoms with Crippen LogP contribution < -0.4 is 0 Å². The first-order valence-electron chi connectivity index (χ1n) is 11.2. The van der Waals surface area contributed by atoms with Crippen molar-refractivity contribution in [2.75, 3.05) is 0 Å². The van der Waals surface area contributed by atoms with Gasteiger partial charge in [-0.05, 0) is 68.0 Å². The molecule has 162 valence electrons. The molecule has 3 rings (SSSR count). The van der Waals surface area contributed by atoms with E-state index in [1.807, 2.05) is 0 Å². The number of hydrogen-bond donors (Lipinski definition) is 0. The Kier molecular flexibility index (Phi) is 9.72. The van der Waals surface area contributed by atoms with Crippen molar-refractivity contribution < 1.29 is 21.2 Å². The minimum Gasteiger partial charge on any atom is -0.493 e. The summed E-state index contributed by atoms with van der Waals surface area (Å²) in [6.45, 7) is 6.54. The van der Waals surface area contributed by atoms with Crippen LogP contribution >= 0.6 is 0 Å². The van der Waals surface area contributed by atoms with Crippen LogP contribution in [-0.2, 0) is 29.3 Å². The largest absolute Gasteiger partial charge is 0.493 e. The molecule has 0 saturated heterocycles. The second kappa shape index (κ2) is 12.0. The molecule has 0 amide bonds. The van der Waals surface area contributed by atoms with Crippen molar-refractivity contribution in [3.05, 3.63) is 88.0 Å². The van der Waals surface area contributed by atoms with Crippen molar-refractivity contribution >= 4 is 11.4 Å². The maximum atomic E-state index is 10.9. The van der Waals surface area contributed by atoms with E-state index in [4.69, 9.17) is 0 Å². The molecule has 0 unspecified atom stereocenters. The molecular weight excluding hydrogens is 411 g/mol. The molecule has 0 saturated carbocycles. The predicted molar refractivity (Wildman–Crippen MR) is 124 cm³/mol. The number of unbranched alkanes of at least 4 members (excludes halogenated alkanes) is 4. The monoisotopic (exact) mass is 444 g/mol. The number of benzene rings is 2. The van der Waals surface area contributed by atoms with E-state index in [-0.39, 0.29) is 16.5 Å². The molecule has 30 heavy (non-hydrogen) atoms. The SMILES string of the molecule is CCCCCc1ccc(C2=CC(C)=C(c3ccc(CCCCC)cc3)[N+]2=[N-])cc1.[Ni]. The average molecular weight is 445 g/mol. The number of allylic oxidation sites excluding steroid dienone is 2. The zero-order valence-electron chi connectivity index (χ0n) is 18.6. The first-order chi connectivity index (χ1) is 14.1. The zero-order valence-corrected chi connectivity index (χ0v) is 19.6. The van der Waals surface area contributed by atoms with Gasteiger partial charge in [0, 0.05) is 39.3 Å². The Balaban J connectivity index is 0.00000320. The van der Waals surface area contributed by atoms with Crippen LogP contribution in [0, 0.1) is 0 Å². The molecule has 0 radical (unpaired) electrons. The maximum Gasteiger partial charge on any atom is 0.210 e. The fourth-order valence-electron chi connectivity index (χ4n) is 4.01. The number of hydrogen-bond acceptors (Lipinski definition) is 0. The quantitative estimate of drug-likeness (QED) is 0.201. The van der Waals surface area contributed by atoms with Gasteiger partial charge in [0.2, 0.25) is 11.4 Å². The third kappa shape index (κ3) is 6.02. The van der Waals surface area contributed by atoms with Gasteiger partial charge in [-0.3, -0.25) is 0 Å². The standard InChI is InChI=1S/C27H34N2.Ni/c1-4-6-8-10-22-12-16-24(17-13-22)26-20-21(3)27(29(26)28)25-18-14-23(15-19-25)11-9-7-5-2;/h12-20H,4-11H2,1-3H3;. The fraction of sp³-hybridized carbons (Fsp3) is 0.407. The van der Waals surface area contributed by atoms with Crippen LogP contribution in [0.5, 0.6) is 0 Å². The van der Waals surface area contributed by atoms with Gasteiger partial charge in [0.1, 0.15) is 0 Å². The Morgan fingerprint density at radius 2 is 1.17 bits per heavy atom. The third-order valence-corrected chi connectivity index (χ3v) is 5.78. The van der Waals surface area contributed by atoms with Gasteiger partial charge in [0.05, 0.1) is 0 Å². The van der Waals surface area contributed by atoms with Gasteiger partial charge in [0.15, 0.2) is 0 Å². The summed E-state index contributed by atoms with van der Waals surface area (Å²) in [5.74, 6) is 0. The maximum absolute atomic E-state index is 10.9. The molecule has 0 N–H and O–H groups in total. The van der Waals surface area contributed by atoms with Crippen LogP contribution in [0.3, 0.4) is 0 Å². The second-order valence-corrected chi connectivity index (χ2v) is 8.18. The van der Waals surface area contributed by atoms with Crippen molar-refractivity contribution in [3.63, 3.8) is 0 Å². The van der Waals surface area contributed by atoms with E-state index in [0.29, 0.717) is 0 Å². The first-order valence-corrected chi connectivity index (χ1v) is 11.2. The van der Waals surface area contributed by atoms with Crippen molar-refractivity contribution in [2.45, 2.75) is 72.1 Å². The van der Waals surface area contributed by atoms with Crippen molar-refractivity contribution in [2.24, 2.45) is 0 Å². The van der Waals surface area contributed by atoms with Gasteiger partial charge >= 0.3 is 0 Å². The molecular formula is C27H34N2Ni. The smallest absolute Gasteiger partial charge is 0.210 e. The second-order valence-electron chi connectivity index (χ2n) is 8.18. The molecule has 0 fully saturated rings. The molecule has 0 atom stereocenters. The Bertz CT molecular complexity index is 889. The van der Waals surface area contributed by atoms with Crippen LogP contribution in [0.2, 0.25) is 0 Å². The van der Waals surface area contributed by atoms with E-state index in [0.717, 1.165) is 40.9 Å².